The van der Waals surface area contributed by atoms with E-state index >= 15 is 0 Å². The molecule has 2 heterocycles. The maximum absolute atomic E-state index is 12.7. The number of anilines is 2. The van der Waals surface area contributed by atoms with Gasteiger partial charge in [0.1, 0.15) is 5.69 Å². The second-order valence-corrected chi connectivity index (χ2v) is 9.70. The quantitative estimate of drug-likeness (QED) is 0.342. The van der Waals surface area contributed by atoms with Gasteiger partial charge in [0, 0.05) is 37.1 Å². The van der Waals surface area contributed by atoms with Crippen molar-refractivity contribution in [2.24, 2.45) is 5.10 Å². The lowest BCUT2D eigenvalue weighted by molar-refractivity contribution is -0.384. The highest BCUT2D eigenvalue weighted by atomic mass is 32.2. The number of hydrazone groups is 1. The van der Waals surface area contributed by atoms with Gasteiger partial charge in [0.05, 0.1) is 34.2 Å². The molecule has 168 valence electrons. The van der Waals surface area contributed by atoms with Crippen LogP contribution in [-0.2, 0) is 14.8 Å². The molecule has 10 nitrogen and oxygen atoms in total. The molecule has 12 heteroatoms. The molecule has 0 spiro atoms. The number of nitro benzene ring substituents is 1. The van der Waals surface area contributed by atoms with Gasteiger partial charge in [-0.05, 0) is 24.3 Å². The number of sulfonamides is 1. The van der Waals surface area contributed by atoms with Gasteiger partial charge >= 0.3 is 0 Å². The second kappa shape index (κ2) is 10.2. The van der Waals surface area contributed by atoms with Crippen LogP contribution in [0.4, 0.5) is 16.4 Å². The van der Waals surface area contributed by atoms with E-state index in [2.05, 4.69) is 15.4 Å². The summed E-state index contributed by atoms with van der Waals surface area (Å²) in [6, 6.07) is 7.70. The molecule has 2 aromatic rings. The number of thiophene rings is 1. The Kier molecular flexibility index (Phi) is 7.59. The third kappa shape index (κ3) is 5.39. The van der Waals surface area contributed by atoms with Crippen molar-refractivity contribution in [2.45, 2.75) is 18.7 Å². The monoisotopic (exact) mass is 467 g/mol. The topological polar surface area (TPSA) is 117 Å². The van der Waals surface area contributed by atoms with Crippen molar-refractivity contribution in [3.63, 3.8) is 0 Å². The van der Waals surface area contributed by atoms with Crippen LogP contribution < -0.4 is 10.3 Å². The number of morpholine rings is 1. The molecule has 1 fully saturated rings. The van der Waals surface area contributed by atoms with Crippen LogP contribution >= 0.6 is 11.3 Å². The number of nitrogens with one attached hydrogen (secondary N) is 1. The minimum Gasteiger partial charge on any atom is -0.378 e. The summed E-state index contributed by atoms with van der Waals surface area (Å²) in [5, 5.41) is 16.7. The number of nitro groups is 1. The van der Waals surface area contributed by atoms with Crippen molar-refractivity contribution in [3.05, 3.63) is 45.3 Å². The smallest absolute Gasteiger partial charge is 0.295 e. The number of hydrogen-bond acceptors (Lipinski definition) is 9. The van der Waals surface area contributed by atoms with Gasteiger partial charge < -0.3 is 9.64 Å². The molecule has 1 aliphatic rings. The highest BCUT2D eigenvalue weighted by Gasteiger charge is 2.25. The Morgan fingerprint density at radius 3 is 2.61 bits per heavy atom. The molecule has 1 N–H and O–H groups in total. The average molecular weight is 468 g/mol. The molecule has 0 saturated carbocycles. The predicted octanol–water partition coefficient (Wildman–Crippen LogP) is 2.97. The largest absolute Gasteiger partial charge is 0.378 e. The summed E-state index contributed by atoms with van der Waals surface area (Å²) in [4.78, 5) is 13.9. The summed E-state index contributed by atoms with van der Waals surface area (Å²) in [7, 11) is -3.79. The average Bonchev–Trinajstić information content (AvgIpc) is 3.24. The number of rotatable bonds is 9. The van der Waals surface area contributed by atoms with Gasteiger partial charge in [0.2, 0.25) is 10.0 Å². The third-order valence-electron chi connectivity index (χ3n) is 4.82. The van der Waals surface area contributed by atoms with Crippen molar-refractivity contribution in [2.75, 3.05) is 49.7 Å². The van der Waals surface area contributed by atoms with Crippen LogP contribution in [0.1, 0.15) is 18.7 Å². The molecule has 0 atom stereocenters. The number of hydrogen-bond donors (Lipinski definition) is 1. The first kappa shape index (κ1) is 23.1. The lowest BCUT2D eigenvalue weighted by Gasteiger charge is -2.27. The first-order chi connectivity index (χ1) is 14.9. The number of nitrogens with zero attached hydrogens (tertiary/aromatic N) is 4. The van der Waals surface area contributed by atoms with E-state index in [1.54, 1.807) is 31.4 Å². The SMILES string of the molecule is CCN(CC)S(=O)(=O)c1ccc(NN=Cc2ccc(N3CCOCC3)s2)c([N+](=O)[O-])c1. The van der Waals surface area contributed by atoms with E-state index in [1.807, 2.05) is 12.1 Å². The van der Waals surface area contributed by atoms with E-state index < -0.39 is 14.9 Å². The third-order valence-corrected chi connectivity index (χ3v) is 7.95. The summed E-state index contributed by atoms with van der Waals surface area (Å²) in [6.45, 7) is 7.08. The number of benzene rings is 1. The van der Waals surface area contributed by atoms with Gasteiger partial charge in [-0.2, -0.15) is 9.41 Å². The Bertz CT molecular complexity index is 1040. The van der Waals surface area contributed by atoms with Crippen LogP contribution in [0, 0.1) is 10.1 Å². The molecule has 0 radical (unpaired) electrons. The normalized spacial score (nSPS) is 15.0. The predicted molar refractivity (Wildman–Crippen MR) is 122 cm³/mol. The van der Waals surface area contributed by atoms with E-state index in [4.69, 9.17) is 4.74 Å². The van der Waals surface area contributed by atoms with Crippen LogP contribution in [-0.4, -0.2) is 63.3 Å². The van der Waals surface area contributed by atoms with Crippen molar-refractivity contribution in [1.82, 2.24) is 4.31 Å². The standard InChI is InChI=1S/C19H25N5O5S2/c1-3-23(4-2)31(27,28)16-6-7-17(18(13-16)24(25)26)21-20-14-15-5-8-19(30-15)22-9-11-29-12-10-22/h5-8,13-14,21H,3-4,9-12H2,1-2H3. The molecule has 1 saturated heterocycles. The minimum absolute atomic E-state index is 0.115. The molecule has 0 amide bonds. The summed E-state index contributed by atoms with van der Waals surface area (Å²) in [5.41, 5.74) is 2.42. The summed E-state index contributed by atoms with van der Waals surface area (Å²) in [6.07, 6.45) is 1.58. The zero-order valence-electron chi connectivity index (χ0n) is 17.4. The Morgan fingerprint density at radius 1 is 1.26 bits per heavy atom. The lowest BCUT2D eigenvalue weighted by Crippen LogP contribution is -2.35. The molecular formula is C19H25N5O5S2. The molecule has 1 aromatic carbocycles. The fraction of sp³-hybridized carbons (Fsp3) is 0.421. The number of ether oxygens (including phenoxy) is 1. The maximum atomic E-state index is 12.7. The van der Waals surface area contributed by atoms with Crippen LogP contribution in [0.2, 0.25) is 0 Å². The van der Waals surface area contributed by atoms with Gasteiger partial charge in [-0.15, -0.1) is 11.3 Å². The minimum atomic E-state index is -3.79. The molecule has 31 heavy (non-hydrogen) atoms. The van der Waals surface area contributed by atoms with Crippen LogP contribution in [0.25, 0.3) is 0 Å². The second-order valence-electron chi connectivity index (χ2n) is 6.67. The zero-order chi connectivity index (χ0) is 22.4. The van der Waals surface area contributed by atoms with Crippen LogP contribution in [0.3, 0.4) is 0 Å². The van der Waals surface area contributed by atoms with Gasteiger partial charge in [0.25, 0.3) is 5.69 Å². The molecule has 0 unspecified atom stereocenters. The van der Waals surface area contributed by atoms with Crippen molar-refractivity contribution in [3.8, 4) is 0 Å². The fourth-order valence-electron chi connectivity index (χ4n) is 3.16. The molecule has 0 bridgehead atoms. The first-order valence-electron chi connectivity index (χ1n) is 9.87. The van der Waals surface area contributed by atoms with Gasteiger partial charge in [-0.3, -0.25) is 15.5 Å². The molecule has 0 aliphatic carbocycles. The van der Waals surface area contributed by atoms with Crippen molar-refractivity contribution in [1.29, 1.82) is 0 Å². The van der Waals surface area contributed by atoms with Gasteiger partial charge in [0.15, 0.2) is 0 Å². The van der Waals surface area contributed by atoms with E-state index in [1.165, 1.54) is 16.4 Å². The van der Waals surface area contributed by atoms with Crippen LogP contribution in [0.5, 0.6) is 0 Å². The van der Waals surface area contributed by atoms with E-state index in [0.717, 1.165) is 29.0 Å². The Hall–Kier alpha value is -2.54. The Labute approximate surface area is 185 Å². The molecule has 3 rings (SSSR count). The molecule has 1 aliphatic heterocycles. The van der Waals surface area contributed by atoms with Gasteiger partial charge in [-0.25, -0.2) is 8.42 Å². The fourth-order valence-corrected chi connectivity index (χ4v) is 5.57. The highest BCUT2D eigenvalue weighted by molar-refractivity contribution is 7.89. The lowest BCUT2D eigenvalue weighted by atomic mass is 10.3. The summed E-state index contributed by atoms with van der Waals surface area (Å²) < 4.78 is 31.9. The van der Waals surface area contributed by atoms with Gasteiger partial charge in [-0.1, -0.05) is 13.8 Å². The zero-order valence-corrected chi connectivity index (χ0v) is 19.0. The van der Waals surface area contributed by atoms with E-state index in [9.17, 15) is 18.5 Å². The Morgan fingerprint density at radius 2 is 1.97 bits per heavy atom. The van der Waals surface area contributed by atoms with E-state index in [0.29, 0.717) is 13.2 Å². The molecular weight excluding hydrogens is 442 g/mol. The highest BCUT2D eigenvalue weighted by Crippen LogP contribution is 2.29. The van der Waals surface area contributed by atoms with E-state index in [-0.39, 0.29) is 29.4 Å². The Balaban J connectivity index is 1.76. The summed E-state index contributed by atoms with van der Waals surface area (Å²) >= 11 is 1.56. The van der Waals surface area contributed by atoms with Crippen LogP contribution in [0.15, 0.2) is 40.3 Å². The maximum Gasteiger partial charge on any atom is 0.295 e. The first-order valence-corrected chi connectivity index (χ1v) is 12.1. The van der Waals surface area contributed by atoms with Crippen molar-refractivity contribution < 1.29 is 18.1 Å². The summed E-state index contributed by atoms with van der Waals surface area (Å²) in [5.74, 6) is 0. The van der Waals surface area contributed by atoms with Crippen molar-refractivity contribution >= 4 is 44.0 Å². The molecule has 1 aromatic heterocycles.